The Morgan fingerprint density at radius 3 is 2.20 bits per heavy atom. The number of ether oxygens (including phenoxy) is 2. The minimum absolute atomic E-state index is 0.0147. The molecular formula is C37H45FN8O3. The smallest absolute Gasteiger partial charge is 0.137 e. The van der Waals surface area contributed by atoms with Crippen molar-refractivity contribution in [2.24, 2.45) is 11.0 Å². The summed E-state index contributed by atoms with van der Waals surface area (Å²) in [7, 11) is 0. The molecule has 0 aliphatic carbocycles. The Morgan fingerprint density at radius 1 is 0.939 bits per heavy atom. The van der Waals surface area contributed by atoms with E-state index in [9.17, 15) is 9.50 Å². The van der Waals surface area contributed by atoms with Gasteiger partial charge in [-0.3, -0.25) is 5.01 Å². The Labute approximate surface area is 287 Å². The van der Waals surface area contributed by atoms with Gasteiger partial charge in [-0.1, -0.05) is 19.1 Å². The number of hydrazone groups is 1. The zero-order chi connectivity index (χ0) is 33.8. The lowest BCUT2D eigenvalue weighted by atomic mass is 9.87. The summed E-state index contributed by atoms with van der Waals surface area (Å²) in [5.41, 5.74) is 3.81. The summed E-state index contributed by atoms with van der Waals surface area (Å²) < 4.78 is 28.1. The maximum absolute atomic E-state index is 13.7. The van der Waals surface area contributed by atoms with E-state index in [-0.39, 0.29) is 17.8 Å². The first-order chi connectivity index (χ1) is 23.9. The van der Waals surface area contributed by atoms with E-state index in [1.165, 1.54) is 29.8 Å². The van der Waals surface area contributed by atoms with Crippen LogP contribution in [0.25, 0.3) is 0 Å². The molecule has 2 fully saturated rings. The van der Waals surface area contributed by atoms with E-state index in [2.05, 4.69) is 73.2 Å². The second-order valence-corrected chi connectivity index (χ2v) is 13.3. The Hall–Kier alpha value is -4.68. The summed E-state index contributed by atoms with van der Waals surface area (Å²) in [6.07, 6.45) is 6.19. The van der Waals surface area contributed by atoms with Gasteiger partial charge in [0, 0.05) is 49.2 Å². The van der Waals surface area contributed by atoms with E-state index < -0.39 is 11.7 Å². The number of anilines is 3. The number of aliphatic hydroxyl groups excluding tert-OH is 1. The van der Waals surface area contributed by atoms with Crippen LogP contribution in [-0.4, -0.2) is 89.4 Å². The van der Waals surface area contributed by atoms with Crippen molar-refractivity contribution in [2.75, 3.05) is 60.8 Å². The van der Waals surface area contributed by atoms with Crippen LogP contribution in [0.1, 0.15) is 32.3 Å². The summed E-state index contributed by atoms with van der Waals surface area (Å²) in [5.74, 6) is 0.743. The van der Waals surface area contributed by atoms with Gasteiger partial charge in [0.15, 0.2) is 0 Å². The lowest BCUT2D eigenvalue weighted by Crippen LogP contribution is -2.46. The van der Waals surface area contributed by atoms with Crippen LogP contribution in [-0.2, 0) is 16.9 Å². The second kappa shape index (κ2) is 14.4. The average Bonchev–Trinajstić information content (AvgIpc) is 3.91. The summed E-state index contributed by atoms with van der Waals surface area (Å²) >= 11 is 0. The number of piperazine rings is 1. The second-order valence-electron chi connectivity index (χ2n) is 13.3. The van der Waals surface area contributed by atoms with Gasteiger partial charge in [-0.2, -0.15) is 10.2 Å². The highest BCUT2D eigenvalue weighted by molar-refractivity contribution is 5.80. The summed E-state index contributed by atoms with van der Waals surface area (Å²) in [6, 6.07) is 23.6. The minimum Gasteiger partial charge on any atom is -0.493 e. The van der Waals surface area contributed by atoms with Crippen molar-refractivity contribution in [1.29, 1.82) is 0 Å². The Morgan fingerprint density at radius 2 is 1.59 bits per heavy atom. The third kappa shape index (κ3) is 7.35. The van der Waals surface area contributed by atoms with Crippen LogP contribution in [0.2, 0.25) is 0 Å². The lowest BCUT2D eigenvalue weighted by Gasteiger charge is -2.37. The fraction of sp³-hybridized carbons (Fsp3) is 0.432. The Balaban J connectivity index is 0.890. The molecule has 0 radical (unpaired) electrons. The van der Waals surface area contributed by atoms with Crippen molar-refractivity contribution < 1.29 is 19.0 Å². The first-order valence-corrected chi connectivity index (χ1v) is 17.2. The fourth-order valence-electron chi connectivity index (χ4n) is 7.24. The normalized spacial score (nSPS) is 22.2. The quantitative estimate of drug-likeness (QED) is 0.226. The van der Waals surface area contributed by atoms with Crippen LogP contribution >= 0.6 is 0 Å². The van der Waals surface area contributed by atoms with Crippen LogP contribution in [0, 0.1) is 11.7 Å². The van der Waals surface area contributed by atoms with E-state index in [0.29, 0.717) is 26.4 Å². The van der Waals surface area contributed by atoms with Gasteiger partial charge in [0.2, 0.25) is 0 Å². The van der Waals surface area contributed by atoms with E-state index >= 15 is 0 Å². The van der Waals surface area contributed by atoms with Gasteiger partial charge in [-0.15, -0.1) is 0 Å². The summed E-state index contributed by atoms with van der Waals surface area (Å²) in [4.78, 5) is 11.0. The molecule has 49 heavy (non-hydrogen) atoms. The molecule has 4 aromatic rings. The first-order valence-electron chi connectivity index (χ1n) is 17.2. The predicted octanol–water partition coefficient (Wildman–Crippen LogP) is 4.94. The topological polar surface area (TPSA) is 94.7 Å². The minimum atomic E-state index is -0.619. The van der Waals surface area contributed by atoms with E-state index in [4.69, 9.17) is 9.47 Å². The molecule has 0 amide bonds. The molecule has 3 aliphatic heterocycles. The zero-order valence-electron chi connectivity index (χ0n) is 28.2. The van der Waals surface area contributed by atoms with E-state index in [1.807, 2.05) is 30.4 Å². The Kier molecular flexibility index (Phi) is 9.67. The van der Waals surface area contributed by atoms with Gasteiger partial charge in [0.1, 0.15) is 42.8 Å². The largest absolute Gasteiger partial charge is 0.493 e. The number of benzene rings is 3. The molecule has 0 bridgehead atoms. The third-order valence-electron chi connectivity index (χ3n) is 9.98. The molecule has 4 heterocycles. The molecule has 258 valence electrons. The molecule has 3 aliphatic rings. The lowest BCUT2D eigenvalue weighted by molar-refractivity contribution is -0.0180. The Bertz CT molecular complexity index is 1660. The molecule has 1 N–H and O–H groups in total. The first kappa shape index (κ1) is 32.8. The summed E-state index contributed by atoms with van der Waals surface area (Å²) in [5, 5.41) is 20.9. The number of nitrogens with zero attached hydrogens (tertiary/aromatic N) is 8. The maximum Gasteiger partial charge on any atom is 0.137 e. The number of aromatic nitrogens is 3. The number of halogens is 1. The molecule has 2 saturated heterocycles. The third-order valence-corrected chi connectivity index (χ3v) is 9.98. The predicted molar refractivity (Wildman–Crippen MR) is 188 cm³/mol. The summed E-state index contributed by atoms with van der Waals surface area (Å²) in [6.45, 7) is 9.87. The molecule has 1 aromatic heterocycles. The molecule has 11 nitrogen and oxygen atoms in total. The highest BCUT2D eigenvalue weighted by atomic mass is 19.1. The SMILES string of the molecule is CC[C@@H]([C@H](C)O)N1CN(c2ccc(N3CCN(c4ccc(OC[C@@H]5CO[C@@](Cn6cncn6)(c6ccc(F)cc6)C5)cc4)CC3)cc2)C=N1. The van der Waals surface area contributed by atoms with E-state index in [1.54, 1.807) is 23.1 Å². The molecule has 3 aromatic carbocycles. The van der Waals surface area contributed by atoms with E-state index in [0.717, 1.165) is 56.0 Å². The van der Waals surface area contributed by atoms with Crippen molar-refractivity contribution in [3.8, 4) is 5.75 Å². The number of aliphatic hydroxyl groups is 1. The molecule has 12 heteroatoms. The molecular weight excluding hydrogens is 623 g/mol. The van der Waals surface area contributed by atoms with Crippen LogP contribution in [0.5, 0.6) is 5.75 Å². The van der Waals surface area contributed by atoms with Crippen LogP contribution in [0.4, 0.5) is 21.5 Å². The van der Waals surface area contributed by atoms with Crippen molar-refractivity contribution in [2.45, 2.75) is 51.0 Å². The number of hydrogen-bond acceptors (Lipinski definition) is 10. The molecule has 0 unspecified atom stereocenters. The molecule has 7 rings (SSSR count). The number of hydrogen-bond donors (Lipinski definition) is 1. The monoisotopic (exact) mass is 668 g/mol. The highest BCUT2D eigenvalue weighted by Gasteiger charge is 2.43. The van der Waals surface area contributed by atoms with Gasteiger partial charge < -0.3 is 29.3 Å². The maximum atomic E-state index is 13.7. The zero-order valence-corrected chi connectivity index (χ0v) is 28.2. The van der Waals surface area contributed by atoms with Gasteiger partial charge >= 0.3 is 0 Å². The van der Waals surface area contributed by atoms with Gasteiger partial charge in [0.05, 0.1) is 31.9 Å². The highest BCUT2D eigenvalue weighted by Crippen LogP contribution is 2.41. The van der Waals surface area contributed by atoms with Crippen molar-refractivity contribution in [1.82, 2.24) is 19.8 Å². The van der Waals surface area contributed by atoms with Crippen LogP contribution in [0.15, 0.2) is 90.6 Å². The van der Waals surface area contributed by atoms with Crippen molar-refractivity contribution >= 4 is 23.4 Å². The van der Waals surface area contributed by atoms with Crippen molar-refractivity contribution in [3.63, 3.8) is 0 Å². The van der Waals surface area contributed by atoms with Crippen LogP contribution < -0.4 is 19.4 Å². The standard InChI is InChI=1S/C37H45FN8O3/c1-3-36(28(2)47)46-27-44(26-41-46)34-10-8-32(9-11-34)42-16-18-43(19-17-42)33-12-14-35(15-13-33)48-21-29-20-37(49-22-29,23-45-25-39-24-40-45)30-4-6-31(38)7-5-30/h4-15,24-26,28-29,36,47H,3,16-23,27H2,1-2H3/t28-,29+,36-,37-/m0/s1. The van der Waals surface area contributed by atoms with Crippen LogP contribution in [0.3, 0.4) is 0 Å². The fourth-order valence-corrected chi connectivity index (χ4v) is 7.24. The van der Waals surface area contributed by atoms with Gasteiger partial charge in [0.25, 0.3) is 0 Å². The number of rotatable bonds is 12. The molecule has 0 saturated carbocycles. The molecule has 0 spiro atoms. The molecule has 4 atom stereocenters. The van der Waals surface area contributed by atoms with Gasteiger partial charge in [-0.05, 0) is 86.0 Å². The van der Waals surface area contributed by atoms with Gasteiger partial charge in [-0.25, -0.2) is 14.1 Å². The van der Waals surface area contributed by atoms with Crippen molar-refractivity contribution in [3.05, 3.63) is 96.8 Å². The average molecular weight is 669 g/mol.